The summed E-state index contributed by atoms with van der Waals surface area (Å²) >= 11 is 0. The second-order valence-corrected chi connectivity index (χ2v) is 7.59. The Morgan fingerprint density at radius 1 is 1.24 bits per heavy atom. The van der Waals surface area contributed by atoms with Gasteiger partial charge in [-0.05, 0) is 33.7 Å². The molecule has 21 heavy (non-hydrogen) atoms. The molecule has 1 aliphatic heterocycles. The van der Waals surface area contributed by atoms with Gasteiger partial charge in [-0.2, -0.15) is 17.0 Å². The lowest BCUT2D eigenvalue weighted by Crippen LogP contribution is -2.46. The molecule has 1 aliphatic rings. The van der Waals surface area contributed by atoms with Crippen molar-refractivity contribution >= 4 is 16.1 Å². The van der Waals surface area contributed by atoms with E-state index < -0.39 is 10.2 Å². The molecule has 1 rings (SSSR count). The molecule has 8 heteroatoms. The third-order valence-corrected chi connectivity index (χ3v) is 5.87. The smallest absolute Gasteiger partial charge is 0.282 e. The van der Waals surface area contributed by atoms with Gasteiger partial charge in [-0.1, -0.05) is 0 Å². The average molecular weight is 320 g/mol. The highest BCUT2D eigenvalue weighted by atomic mass is 32.2. The number of hydrogen-bond acceptors (Lipinski definition) is 4. The normalized spacial score (nSPS) is 19.0. The quantitative estimate of drug-likeness (QED) is 0.730. The lowest BCUT2D eigenvalue weighted by Gasteiger charge is -2.28. The van der Waals surface area contributed by atoms with Gasteiger partial charge < -0.3 is 5.32 Å². The molecule has 0 aromatic heterocycles. The van der Waals surface area contributed by atoms with Crippen LogP contribution in [0.1, 0.15) is 27.2 Å². The Morgan fingerprint density at radius 3 is 2.48 bits per heavy atom. The van der Waals surface area contributed by atoms with Gasteiger partial charge in [-0.25, -0.2) is 0 Å². The van der Waals surface area contributed by atoms with Crippen LogP contribution in [0.25, 0.3) is 0 Å². The first-order chi connectivity index (χ1) is 9.78. The van der Waals surface area contributed by atoms with E-state index in [0.717, 1.165) is 13.0 Å². The largest absolute Gasteiger partial charge is 0.355 e. The highest BCUT2D eigenvalue weighted by molar-refractivity contribution is 7.86. The van der Waals surface area contributed by atoms with E-state index in [9.17, 15) is 13.2 Å². The second-order valence-electron chi connectivity index (χ2n) is 5.60. The van der Waals surface area contributed by atoms with Crippen LogP contribution in [-0.2, 0) is 15.0 Å². The molecule has 1 fully saturated rings. The molecule has 124 valence electrons. The van der Waals surface area contributed by atoms with Gasteiger partial charge in [0.25, 0.3) is 10.2 Å². The maximum atomic E-state index is 12.5. The van der Waals surface area contributed by atoms with Gasteiger partial charge in [-0.15, -0.1) is 0 Å². The summed E-state index contributed by atoms with van der Waals surface area (Å²) in [4.78, 5) is 13.6. The molecule has 0 spiro atoms. The molecule has 0 aromatic carbocycles. The van der Waals surface area contributed by atoms with Gasteiger partial charge >= 0.3 is 0 Å². The fourth-order valence-corrected chi connectivity index (χ4v) is 3.81. The average Bonchev–Trinajstić information content (AvgIpc) is 2.64. The first-order valence-corrected chi connectivity index (χ1v) is 8.91. The number of carbonyl (C=O) groups excluding carboxylic acids is 1. The van der Waals surface area contributed by atoms with Crippen LogP contribution in [0.5, 0.6) is 0 Å². The molecule has 0 unspecified atom stereocenters. The van der Waals surface area contributed by atoms with Crippen LogP contribution < -0.4 is 5.32 Å². The SMILES string of the molecule is CCNC(=O)CN1CCCN(S(=O)(=O)N(C)C(C)C)CC1. The van der Waals surface area contributed by atoms with Crippen molar-refractivity contribution < 1.29 is 13.2 Å². The Morgan fingerprint density at radius 2 is 1.90 bits per heavy atom. The van der Waals surface area contributed by atoms with E-state index in [0.29, 0.717) is 32.7 Å². The van der Waals surface area contributed by atoms with Crippen LogP contribution in [-0.4, -0.2) is 80.2 Å². The predicted octanol–water partition coefficient (Wildman–Crippen LogP) is -0.285. The summed E-state index contributed by atoms with van der Waals surface area (Å²) in [5.74, 6) is -0.00638. The molecule has 1 amide bonds. The van der Waals surface area contributed by atoms with E-state index in [1.54, 1.807) is 7.05 Å². The molecule has 0 aliphatic carbocycles. The van der Waals surface area contributed by atoms with Crippen molar-refractivity contribution in [3.05, 3.63) is 0 Å². The molecule has 1 heterocycles. The van der Waals surface area contributed by atoms with Crippen molar-refractivity contribution in [1.82, 2.24) is 18.8 Å². The van der Waals surface area contributed by atoms with Gasteiger partial charge in [-0.3, -0.25) is 9.69 Å². The van der Waals surface area contributed by atoms with E-state index in [2.05, 4.69) is 5.32 Å². The van der Waals surface area contributed by atoms with Crippen LogP contribution in [0.15, 0.2) is 0 Å². The van der Waals surface area contributed by atoms with Crippen molar-refractivity contribution in [2.24, 2.45) is 0 Å². The number of nitrogens with zero attached hydrogens (tertiary/aromatic N) is 3. The number of nitrogens with one attached hydrogen (secondary N) is 1. The second kappa shape index (κ2) is 8.07. The number of rotatable bonds is 6. The van der Waals surface area contributed by atoms with Crippen LogP contribution in [0.4, 0.5) is 0 Å². The van der Waals surface area contributed by atoms with E-state index in [-0.39, 0.29) is 11.9 Å². The summed E-state index contributed by atoms with van der Waals surface area (Å²) in [5, 5.41) is 2.77. The zero-order valence-electron chi connectivity index (χ0n) is 13.5. The van der Waals surface area contributed by atoms with E-state index >= 15 is 0 Å². The lowest BCUT2D eigenvalue weighted by molar-refractivity contribution is -0.122. The molecule has 7 nitrogen and oxygen atoms in total. The Hall–Kier alpha value is -0.700. The minimum Gasteiger partial charge on any atom is -0.355 e. The predicted molar refractivity (Wildman–Crippen MR) is 83.1 cm³/mol. The monoisotopic (exact) mass is 320 g/mol. The summed E-state index contributed by atoms with van der Waals surface area (Å²) in [5.41, 5.74) is 0. The number of hydrogen-bond donors (Lipinski definition) is 1. The Bertz CT molecular complexity index is 439. The molecule has 0 saturated carbocycles. The summed E-state index contributed by atoms with van der Waals surface area (Å²) in [7, 11) is -1.80. The maximum absolute atomic E-state index is 12.5. The van der Waals surface area contributed by atoms with E-state index in [1.165, 1.54) is 8.61 Å². The standard InChI is InChI=1S/C13H28N4O3S/c1-5-14-13(18)11-16-7-6-8-17(10-9-16)21(19,20)15(4)12(2)3/h12H,5-11H2,1-4H3,(H,14,18). The van der Waals surface area contributed by atoms with Crippen LogP contribution in [0.2, 0.25) is 0 Å². The van der Waals surface area contributed by atoms with Gasteiger partial charge in [0.05, 0.1) is 6.54 Å². The maximum Gasteiger partial charge on any atom is 0.282 e. The number of likely N-dealkylation sites (N-methyl/N-ethyl adjacent to an activating group) is 1. The third kappa shape index (κ3) is 5.21. The molecule has 0 atom stereocenters. The summed E-state index contributed by atoms with van der Waals surface area (Å²) in [6.07, 6.45) is 0.741. The van der Waals surface area contributed by atoms with Crippen molar-refractivity contribution in [2.45, 2.75) is 33.2 Å². The molecule has 0 aromatic rings. The first-order valence-electron chi connectivity index (χ1n) is 7.51. The highest BCUT2D eigenvalue weighted by Crippen LogP contribution is 2.13. The fourth-order valence-electron chi connectivity index (χ4n) is 2.24. The van der Waals surface area contributed by atoms with Crippen molar-refractivity contribution in [1.29, 1.82) is 0 Å². The first kappa shape index (κ1) is 18.3. The Labute approximate surface area is 128 Å². The lowest BCUT2D eigenvalue weighted by atomic mass is 10.4. The molecule has 0 bridgehead atoms. The summed E-state index contributed by atoms with van der Waals surface area (Å²) in [6.45, 7) is 8.82. The van der Waals surface area contributed by atoms with Gasteiger partial charge in [0.1, 0.15) is 0 Å². The van der Waals surface area contributed by atoms with Gasteiger partial charge in [0.15, 0.2) is 0 Å². The van der Waals surface area contributed by atoms with Crippen LogP contribution >= 0.6 is 0 Å². The van der Waals surface area contributed by atoms with Gasteiger partial charge in [0, 0.05) is 39.3 Å². The zero-order chi connectivity index (χ0) is 16.0. The van der Waals surface area contributed by atoms with Crippen molar-refractivity contribution in [3.8, 4) is 0 Å². The van der Waals surface area contributed by atoms with Gasteiger partial charge in [0.2, 0.25) is 5.91 Å². The molecule has 1 saturated heterocycles. The topological polar surface area (TPSA) is 73.0 Å². The highest BCUT2D eigenvalue weighted by Gasteiger charge is 2.30. The van der Waals surface area contributed by atoms with E-state index in [4.69, 9.17) is 0 Å². The molecular formula is C13H28N4O3S. The van der Waals surface area contributed by atoms with Crippen molar-refractivity contribution in [3.63, 3.8) is 0 Å². The molecular weight excluding hydrogens is 292 g/mol. The van der Waals surface area contributed by atoms with Crippen LogP contribution in [0.3, 0.4) is 0 Å². The molecule has 0 radical (unpaired) electrons. The van der Waals surface area contributed by atoms with Crippen molar-refractivity contribution in [2.75, 3.05) is 46.3 Å². The fraction of sp³-hybridized carbons (Fsp3) is 0.923. The minimum absolute atomic E-state index is 0.00638. The van der Waals surface area contributed by atoms with E-state index in [1.807, 2.05) is 25.7 Å². The zero-order valence-corrected chi connectivity index (χ0v) is 14.3. The summed E-state index contributed by atoms with van der Waals surface area (Å²) in [6, 6.07) is -0.0651. The Kier molecular flexibility index (Phi) is 7.05. The number of carbonyl (C=O) groups is 1. The minimum atomic E-state index is -3.41. The Balaban J connectivity index is 2.62. The molecule has 1 N–H and O–H groups in total. The number of amides is 1. The third-order valence-electron chi connectivity index (χ3n) is 3.71. The van der Waals surface area contributed by atoms with Crippen LogP contribution in [0, 0.1) is 0 Å². The summed E-state index contributed by atoms with van der Waals surface area (Å²) < 4.78 is 27.8.